The van der Waals surface area contributed by atoms with E-state index in [1.165, 1.54) is 20.8 Å². The average molecular weight is 274 g/mol. The largest absolute Gasteiger partial charge is 0.443 e. The van der Waals surface area contributed by atoms with Gasteiger partial charge in [-0.15, -0.1) is 5.12 Å². The molecule has 0 saturated heterocycles. The molecule has 0 unspecified atom stereocenters. The van der Waals surface area contributed by atoms with Crippen molar-refractivity contribution in [3.05, 3.63) is 34.1 Å². The van der Waals surface area contributed by atoms with Crippen molar-refractivity contribution in [2.45, 2.75) is 26.4 Å². The van der Waals surface area contributed by atoms with Gasteiger partial charge in [-0.2, -0.15) is 0 Å². The first-order valence-electron chi connectivity index (χ1n) is 5.24. The fourth-order valence-corrected chi connectivity index (χ4v) is 1.17. The highest BCUT2D eigenvalue weighted by atomic mass is 19.2. The number of nitro groups is 1. The van der Waals surface area contributed by atoms with Crippen molar-refractivity contribution in [2.24, 2.45) is 0 Å². The lowest BCUT2D eigenvalue weighted by molar-refractivity contribution is -0.384. The Morgan fingerprint density at radius 2 is 2.00 bits per heavy atom. The molecule has 0 aliphatic heterocycles. The Morgan fingerprint density at radius 1 is 1.42 bits per heavy atom. The van der Waals surface area contributed by atoms with Gasteiger partial charge in [-0.3, -0.25) is 10.1 Å². The predicted molar refractivity (Wildman–Crippen MR) is 62.9 cm³/mol. The lowest BCUT2D eigenvalue weighted by Gasteiger charge is -2.21. The number of halogens is 2. The molecule has 0 atom stereocenters. The van der Waals surface area contributed by atoms with E-state index in [-0.39, 0.29) is 0 Å². The molecule has 1 amide bonds. The van der Waals surface area contributed by atoms with E-state index in [0.717, 1.165) is 6.07 Å². The SMILES string of the molecule is CC(C)(C)OC(=O)N(F)c1cc([N+](=O)[O-])ccc1F. The van der Waals surface area contributed by atoms with Crippen LogP contribution in [0.1, 0.15) is 20.8 Å². The minimum Gasteiger partial charge on any atom is -0.442 e. The Bertz CT molecular complexity index is 514. The molecule has 0 aliphatic rings. The summed E-state index contributed by atoms with van der Waals surface area (Å²) in [6, 6.07) is 2.17. The van der Waals surface area contributed by atoms with Gasteiger partial charge in [0.1, 0.15) is 17.1 Å². The molecule has 0 aliphatic carbocycles. The Hall–Kier alpha value is -2.25. The van der Waals surface area contributed by atoms with Crippen molar-refractivity contribution < 1.29 is 23.3 Å². The highest BCUT2D eigenvalue weighted by Gasteiger charge is 2.27. The molecule has 19 heavy (non-hydrogen) atoms. The van der Waals surface area contributed by atoms with Crippen molar-refractivity contribution in [3.8, 4) is 0 Å². The van der Waals surface area contributed by atoms with Crippen LogP contribution in [-0.2, 0) is 4.74 Å². The lowest BCUT2D eigenvalue weighted by atomic mass is 10.2. The van der Waals surface area contributed by atoms with E-state index < -0.39 is 38.9 Å². The molecule has 0 N–H and O–H groups in total. The third kappa shape index (κ3) is 3.87. The van der Waals surface area contributed by atoms with E-state index in [1.54, 1.807) is 0 Å². The van der Waals surface area contributed by atoms with E-state index >= 15 is 0 Å². The van der Waals surface area contributed by atoms with Crippen LogP contribution in [0.5, 0.6) is 0 Å². The molecular weight excluding hydrogens is 262 g/mol. The topological polar surface area (TPSA) is 72.7 Å². The van der Waals surface area contributed by atoms with Crippen molar-refractivity contribution in [1.82, 2.24) is 0 Å². The summed E-state index contributed by atoms with van der Waals surface area (Å²) in [5.41, 5.74) is -2.38. The zero-order valence-electron chi connectivity index (χ0n) is 10.5. The summed E-state index contributed by atoms with van der Waals surface area (Å²) >= 11 is 0. The Kier molecular flexibility index (Phi) is 4.03. The standard InChI is InChI=1S/C11H12F2N2O4/c1-11(2,3)19-10(16)14(13)9-6-7(15(17)18)4-5-8(9)12/h4-6H,1-3H3. The van der Waals surface area contributed by atoms with Crippen LogP contribution in [0.4, 0.5) is 25.0 Å². The summed E-state index contributed by atoms with van der Waals surface area (Å²) < 4.78 is 31.7. The molecule has 1 aromatic rings. The highest BCUT2D eigenvalue weighted by molar-refractivity contribution is 5.86. The predicted octanol–water partition coefficient (Wildman–Crippen LogP) is 3.36. The van der Waals surface area contributed by atoms with Gasteiger partial charge in [0, 0.05) is 12.1 Å². The Labute approximate surface area is 107 Å². The molecule has 104 valence electrons. The quantitative estimate of drug-likeness (QED) is 0.471. The second-order valence-corrected chi connectivity index (χ2v) is 4.65. The molecular formula is C11H12F2N2O4. The number of anilines is 1. The average Bonchev–Trinajstić information content (AvgIpc) is 2.26. The van der Waals surface area contributed by atoms with Crippen LogP contribution in [0.15, 0.2) is 18.2 Å². The summed E-state index contributed by atoms with van der Waals surface area (Å²) in [5, 5.41) is 9.91. The molecule has 6 nitrogen and oxygen atoms in total. The minimum atomic E-state index is -1.45. The number of carbonyl (C=O) groups is 1. The fourth-order valence-electron chi connectivity index (χ4n) is 1.17. The number of carbonyl (C=O) groups excluding carboxylic acids is 1. The maximum Gasteiger partial charge on any atom is 0.443 e. The van der Waals surface area contributed by atoms with E-state index in [2.05, 4.69) is 4.74 Å². The number of rotatable bonds is 2. The van der Waals surface area contributed by atoms with Crippen LogP contribution in [-0.4, -0.2) is 16.6 Å². The number of hydrogen-bond donors (Lipinski definition) is 0. The molecule has 0 radical (unpaired) electrons. The molecule has 0 fully saturated rings. The van der Waals surface area contributed by atoms with E-state index in [1.807, 2.05) is 0 Å². The van der Waals surface area contributed by atoms with Gasteiger partial charge in [0.05, 0.1) is 4.92 Å². The minimum absolute atomic E-state index is 0.539. The molecule has 0 heterocycles. The smallest absolute Gasteiger partial charge is 0.442 e. The van der Waals surface area contributed by atoms with E-state index in [4.69, 9.17) is 0 Å². The third-order valence-electron chi connectivity index (χ3n) is 1.91. The number of nitro benzene ring substituents is 1. The van der Waals surface area contributed by atoms with E-state index in [9.17, 15) is 23.8 Å². The van der Waals surface area contributed by atoms with Gasteiger partial charge >= 0.3 is 6.09 Å². The zero-order valence-corrected chi connectivity index (χ0v) is 10.5. The first-order chi connectivity index (χ1) is 8.61. The van der Waals surface area contributed by atoms with Crippen molar-refractivity contribution in [2.75, 3.05) is 5.12 Å². The van der Waals surface area contributed by atoms with Crippen molar-refractivity contribution >= 4 is 17.5 Å². The highest BCUT2D eigenvalue weighted by Crippen LogP contribution is 2.26. The summed E-state index contributed by atoms with van der Waals surface area (Å²) in [5.74, 6) is -1.11. The van der Waals surface area contributed by atoms with Crippen LogP contribution in [0.25, 0.3) is 0 Å². The summed E-state index contributed by atoms with van der Waals surface area (Å²) in [7, 11) is 0. The van der Waals surface area contributed by atoms with Crippen LogP contribution >= 0.6 is 0 Å². The number of benzene rings is 1. The van der Waals surface area contributed by atoms with Gasteiger partial charge in [-0.05, 0) is 26.8 Å². The Morgan fingerprint density at radius 3 is 2.47 bits per heavy atom. The van der Waals surface area contributed by atoms with Gasteiger partial charge in [0.15, 0.2) is 0 Å². The van der Waals surface area contributed by atoms with Crippen LogP contribution in [0.2, 0.25) is 0 Å². The van der Waals surface area contributed by atoms with Crippen LogP contribution < -0.4 is 5.12 Å². The monoisotopic (exact) mass is 274 g/mol. The summed E-state index contributed by atoms with van der Waals surface area (Å²) in [6.45, 7) is 4.51. The maximum absolute atomic E-state index is 13.7. The number of amides is 1. The molecule has 1 aromatic carbocycles. The van der Waals surface area contributed by atoms with Gasteiger partial charge < -0.3 is 4.74 Å². The van der Waals surface area contributed by atoms with Crippen molar-refractivity contribution in [1.29, 1.82) is 0 Å². The van der Waals surface area contributed by atoms with Gasteiger partial charge in [0.25, 0.3) is 5.69 Å². The molecule has 8 heteroatoms. The fraction of sp³-hybridized carbons (Fsp3) is 0.364. The third-order valence-corrected chi connectivity index (χ3v) is 1.91. The van der Waals surface area contributed by atoms with E-state index in [0.29, 0.717) is 12.1 Å². The van der Waals surface area contributed by atoms with Gasteiger partial charge in [-0.25, -0.2) is 9.18 Å². The summed E-state index contributed by atoms with van der Waals surface area (Å²) in [6.07, 6.45) is -1.45. The van der Waals surface area contributed by atoms with Crippen LogP contribution in [0.3, 0.4) is 0 Å². The van der Waals surface area contributed by atoms with Gasteiger partial charge in [-0.1, -0.05) is 4.48 Å². The second kappa shape index (κ2) is 5.17. The first kappa shape index (κ1) is 14.8. The normalized spacial score (nSPS) is 11.0. The molecule has 0 spiro atoms. The first-order valence-corrected chi connectivity index (χ1v) is 5.24. The lowest BCUT2D eigenvalue weighted by Crippen LogP contribution is -2.32. The van der Waals surface area contributed by atoms with Crippen molar-refractivity contribution in [3.63, 3.8) is 0 Å². The second-order valence-electron chi connectivity index (χ2n) is 4.65. The molecule has 0 aromatic heterocycles. The Balaban J connectivity index is 3.05. The zero-order chi connectivity index (χ0) is 14.8. The summed E-state index contributed by atoms with van der Waals surface area (Å²) in [4.78, 5) is 21.1. The number of hydrogen-bond acceptors (Lipinski definition) is 4. The molecule has 1 rings (SSSR count). The van der Waals surface area contributed by atoms with Crippen LogP contribution in [0, 0.1) is 15.9 Å². The number of non-ortho nitro benzene ring substituents is 1. The maximum atomic E-state index is 13.7. The van der Waals surface area contributed by atoms with Gasteiger partial charge in [0.2, 0.25) is 0 Å². The molecule has 0 bridgehead atoms. The number of nitrogens with zero attached hydrogens (tertiary/aromatic N) is 2. The number of ether oxygens (including phenoxy) is 1. The molecule has 0 saturated carbocycles.